The molecule has 1 aromatic rings. The first-order valence-electron chi connectivity index (χ1n) is 6.39. The molecule has 0 aliphatic carbocycles. The Labute approximate surface area is 135 Å². The zero-order valence-corrected chi connectivity index (χ0v) is 14.1. The largest absolute Gasteiger partial charge is 0.419 e. The lowest BCUT2D eigenvalue weighted by atomic mass is 10.0. The Kier molecular flexibility index (Phi) is 6.17. The van der Waals surface area contributed by atoms with Gasteiger partial charge in [0.2, 0.25) is 0 Å². The Balaban J connectivity index is 2.21. The Bertz CT molecular complexity index is 676. The van der Waals surface area contributed by atoms with E-state index in [2.05, 4.69) is 11.2 Å². The molecule has 0 saturated carbocycles. The second-order valence-corrected chi connectivity index (χ2v) is 6.60. The molecule has 0 unspecified atom stereocenters. The van der Waals surface area contributed by atoms with Gasteiger partial charge in [-0.15, -0.1) is 0 Å². The molecular weight excluding hydrogens is 319 g/mol. The summed E-state index contributed by atoms with van der Waals surface area (Å²) in [5.41, 5.74) is 2.62. The van der Waals surface area contributed by atoms with Crippen LogP contribution in [0.2, 0.25) is 0 Å². The van der Waals surface area contributed by atoms with Crippen LogP contribution < -0.4 is 0 Å². The molecule has 1 aliphatic heterocycles. The predicted octanol–water partition coefficient (Wildman–Crippen LogP) is 4.38. The van der Waals surface area contributed by atoms with Crippen molar-refractivity contribution >= 4 is 31.0 Å². The molecule has 1 heterocycles. The number of nitrogens with zero attached hydrogens (tertiary/aromatic N) is 2. The first-order chi connectivity index (χ1) is 10.7. The smallest absolute Gasteiger partial charge is 0.315 e. The predicted molar refractivity (Wildman–Crippen MR) is 89.9 cm³/mol. The van der Waals surface area contributed by atoms with Gasteiger partial charge in [-0.05, 0) is 30.2 Å². The molecule has 7 heteroatoms. The maximum absolute atomic E-state index is 9.48. The summed E-state index contributed by atoms with van der Waals surface area (Å²) in [6, 6.07) is 10.1. The fourth-order valence-electron chi connectivity index (χ4n) is 1.83. The van der Waals surface area contributed by atoms with Crippen molar-refractivity contribution in [2.45, 2.75) is 6.92 Å². The van der Waals surface area contributed by atoms with Crippen molar-refractivity contribution in [1.82, 2.24) is 0 Å². The number of hydrogen-bond acceptors (Lipinski definition) is 6. The van der Waals surface area contributed by atoms with E-state index in [1.54, 1.807) is 6.08 Å². The Morgan fingerprint density at radius 2 is 1.95 bits per heavy atom. The van der Waals surface area contributed by atoms with E-state index in [0.717, 1.165) is 16.0 Å². The molecule has 5 nitrogen and oxygen atoms in total. The molecule has 0 N–H and O–H groups in total. The number of oxime groups is 1. The lowest BCUT2D eigenvalue weighted by Crippen LogP contribution is -1.90. The lowest BCUT2D eigenvalue weighted by Gasteiger charge is -2.07. The summed E-state index contributed by atoms with van der Waals surface area (Å²) < 4.78 is 15.1. The fourth-order valence-corrected chi connectivity index (χ4v) is 3.15. The minimum atomic E-state index is -1.47. The molecule has 0 radical (unpaired) electrons. The van der Waals surface area contributed by atoms with E-state index in [4.69, 9.17) is 13.7 Å². The van der Waals surface area contributed by atoms with Crippen molar-refractivity contribution in [2.75, 3.05) is 14.2 Å². The van der Waals surface area contributed by atoms with Crippen LogP contribution in [-0.4, -0.2) is 19.3 Å². The third-order valence-corrected chi connectivity index (χ3v) is 4.65. The number of nitriles is 1. The molecule has 1 aliphatic rings. The molecule has 0 atom stereocenters. The summed E-state index contributed by atoms with van der Waals surface area (Å²) in [7, 11) is 1.51. The van der Waals surface area contributed by atoms with Crippen molar-refractivity contribution in [3.63, 3.8) is 0 Å². The summed E-state index contributed by atoms with van der Waals surface area (Å²) in [6.45, 7) is 1.99. The van der Waals surface area contributed by atoms with Gasteiger partial charge in [-0.3, -0.25) is 0 Å². The molecule has 0 saturated heterocycles. The highest BCUT2D eigenvalue weighted by atomic mass is 32.2. The maximum atomic E-state index is 9.48. The van der Waals surface area contributed by atoms with Crippen LogP contribution in [-0.2, 0) is 13.7 Å². The van der Waals surface area contributed by atoms with E-state index in [1.807, 2.05) is 37.3 Å². The van der Waals surface area contributed by atoms with Crippen LogP contribution in [0.3, 0.4) is 0 Å². The third kappa shape index (κ3) is 3.96. The molecule has 0 spiro atoms. The zero-order chi connectivity index (χ0) is 15.9. The zero-order valence-electron chi connectivity index (χ0n) is 12.4. The van der Waals surface area contributed by atoms with E-state index in [-0.39, 0.29) is 0 Å². The van der Waals surface area contributed by atoms with Crippen LogP contribution in [0.4, 0.5) is 0 Å². The van der Waals surface area contributed by atoms with Gasteiger partial charge < -0.3 is 13.7 Å². The first kappa shape index (κ1) is 16.7. The molecule has 22 heavy (non-hydrogen) atoms. The average Bonchev–Trinajstić information content (AvgIpc) is 3.00. The van der Waals surface area contributed by atoms with Crippen molar-refractivity contribution in [3.8, 4) is 6.07 Å². The van der Waals surface area contributed by atoms with Crippen molar-refractivity contribution in [2.24, 2.45) is 5.16 Å². The molecule has 0 bridgehead atoms. The molecular formula is C15H15N2O3PS. The van der Waals surface area contributed by atoms with Gasteiger partial charge in [0.15, 0.2) is 0 Å². The van der Waals surface area contributed by atoms with Crippen LogP contribution in [0.25, 0.3) is 5.57 Å². The van der Waals surface area contributed by atoms with Gasteiger partial charge in [0, 0.05) is 19.1 Å². The Morgan fingerprint density at radius 1 is 1.23 bits per heavy atom. The summed E-state index contributed by atoms with van der Waals surface area (Å²) >= 11 is 1.38. The van der Waals surface area contributed by atoms with E-state index < -0.39 is 8.60 Å². The van der Waals surface area contributed by atoms with E-state index in [1.165, 1.54) is 26.0 Å². The highest BCUT2D eigenvalue weighted by molar-refractivity contribution is 8.18. The second kappa shape index (κ2) is 8.11. The van der Waals surface area contributed by atoms with E-state index >= 15 is 0 Å². The maximum Gasteiger partial charge on any atom is 0.419 e. The van der Waals surface area contributed by atoms with Crippen molar-refractivity contribution in [3.05, 3.63) is 52.4 Å². The number of thioether (sulfide) groups is 1. The number of benzene rings is 1. The molecule has 0 fully saturated rings. The molecule has 1 aromatic carbocycles. The minimum absolute atomic E-state index is 0.630. The van der Waals surface area contributed by atoms with Crippen LogP contribution in [0.1, 0.15) is 11.1 Å². The molecule has 114 valence electrons. The highest BCUT2D eigenvalue weighted by Gasteiger charge is 2.17. The molecule has 2 rings (SSSR count). The van der Waals surface area contributed by atoms with Gasteiger partial charge in [0.1, 0.15) is 11.1 Å². The van der Waals surface area contributed by atoms with Gasteiger partial charge >= 0.3 is 8.60 Å². The van der Waals surface area contributed by atoms with Crippen LogP contribution in [0.15, 0.2) is 46.5 Å². The average molecular weight is 334 g/mol. The fraction of sp³-hybridized carbons (Fsp3) is 0.200. The Hall–Kier alpha value is -1.64. The number of aryl methyl sites for hydroxylation is 1. The molecule has 0 amide bonds. The standard InChI is InChI=1S/C15H15N2O3PS/c1-11-6-4-5-7-12(11)13(10-16)14-8-9-15(22-14)17-20-21(18-2)19-3/h4-9H,1-3H3/b14-13-,17-15+. The lowest BCUT2D eigenvalue weighted by molar-refractivity contribution is 0.214. The first-order valence-corrected chi connectivity index (χ1v) is 8.30. The monoisotopic (exact) mass is 334 g/mol. The van der Waals surface area contributed by atoms with Crippen molar-refractivity contribution in [1.29, 1.82) is 5.26 Å². The quantitative estimate of drug-likeness (QED) is 0.454. The number of allylic oxidation sites excluding steroid dienone is 2. The second-order valence-electron chi connectivity index (χ2n) is 4.20. The minimum Gasteiger partial charge on any atom is -0.315 e. The number of rotatable bonds is 5. The number of hydrogen-bond donors (Lipinski definition) is 0. The normalized spacial score (nSPS) is 17.9. The van der Waals surface area contributed by atoms with Crippen molar-refractivity contribution < 1.29 is 13.7 Å². The topological polar surface area (TPSA) is 63.8 Å². The van der Waals surface area contributed by atoms with Gasteiger partial charge in [-0.25, -0.2) is 0 Å². The highest BCUT2D eigenvalue weighted by Crippen LogP contribution is 2.40. The van der Waals surface area contributed by atoms with Crippen LogP contribution in [0.5, 0.6) is 0 Å². The third-order valence-electron chi connectivity index (χ3n) is 2.86. The molecule has 0 aromatic heterocycles. The summed E-state index contributed by atoms with van der Waals surface area (Å²) in [5, 5.41) is 14.1. The van der Waals surface area contributed by atoms with Gasteiger partial charge in [0.25, 0.3) is 0 Å². The SMILES string of the molecule is COP(OC)O/N=C1C=C/C(=C(\C#N)c2ccccc2C)S\1. The van der Waals surface area contributed by atoms with E-state index in [9.17, 15) is 5.26 Å². The summed E-state index contributed by atoms with van der Waals surface area (Å²) in [4.78, 5) is 0.846. The van der Waals surface area contributed by atoms with Crippen LogP contribution >= 0.6 is 20.4 Å². The van der Waals surface area contributed by atoms with E-state index in [0.29, 0.717) is 10.6 Å². The van der Waals surface area contributed by atoms with Gasteiger partial charge in [-0.2, -0.15) is 5.26 Å². The van der Waals surface area contributed by atoms with Crippen LogP contribution in [0, 0.1) is 18.3 Å². The van der Waals surface area contributed by atoms with Gasteiger partial charge in [0.05, 0.1) is 5.57 Å². The van der Waals surface area contributed by atoms with Gasteiger partial charge in [-0.1, -0.05) is 41.2 Å². The summed E-state index contributed by atoms with van der Waals surface area (Å²) in [5.74, 6) is 0. The Morgan fingerprint density at radius 3 is 2.59 bits per heavy atom. The summed E-state index contributed by atoms with van der Waals surface area (Å²) in [6.07, 6.45) is 3.66.